The third-order valence-corrected chi connectivity index (χ3v) is 8.06. The van der Waals surface area contributed by atoms with Crippen LogP contribution in [0.3, 0.4) is 0 Å². The molecule has 1 aliphatic rings. The highest BCUT2D eigenvalue weighted by molar-refractivity contribution is 14.1. The molecule has 42 heavy (non-hydrogen) atoms. The number of nitrogens with one attached hydrogen (secondary N) is 1. The molecule has 1 saturated heterocycles. The van der Waals surface area contributed by atoms with E-state index in [1.165, 1.54) is 37.3 Å². The number of β-amino-alcohol motifs (C(OH)–C–C–N with tert-alkyl or cyclic N) is 1. The largest absolute Gasteiger partial charge is 0.430 e. The first kappa shape index (κ1) is 31.8. The van der Waals surface area contributed by atoms with Crippen molar-refractivity contribution in [1.82, 2.24) is 10.2 Å². The van der Waals surface area contributed by atoms with Crippen molar-refractivity contribution in [3.05, 3.63) is 104 Å². The molecule has 0 aromatic heterocycles. The molecular formula is C29H25F6IN2O4. The van der Waals surface area contributed by atoms with Gasteiger partial charge >= 0.3 is 6.18 Å². The van der Waals surface area contributed by atoms with E-state index >= 15 is 0 Å². The van der Waals surface area contributed by atoms with Crippen LogP contribution in [0.15, 0.2) is 60.7 Å². The highest BCUT2D eigenvalue weighted by atomic mass is 127. The quantitative estimate of drug-likeness (QED) is 0.253. The number of benzene rings is 3. The van der Waals surface area contributed by atoms with Crippen molar-refractivity contribution in [3.8, 4) is 0 Å². The Morgan fingerprint density at radius 1 is 1.05 bits per heavy atom. The van der Waals surface area contributed by atoms with Gasteiger partial charge in [0, 0.05) is 33.8 Å². The zero-order chi connectivity index (χ0) is 31.0. The number of halogens is 7. The second-order valence-corrected chi connectivity index (χ2v) is 11.3. The van der Waals surface area contributed by atoms with Crippen LogP contribution in [0.2, 0.25) is 0 Å². The number of ether oxygens (including phenoxy) is 1. The Morgan fingerprint density at radius 3 is 2.26 bits per heavy atom. The van der Waals surface area contributed by atoms with Crippen LogP contribution in [-0.4, -0.2) is 59.8 Å². The molecule has 1 heterocycles. The minimum atomic E-state index is -5.17. The lowest BCUT2D eigenvalue weighted by Gasteiger charge is -2.50. The SMILES string of the molecule is CO[C@@](C(=O)NC(C)C1(O)CN(C(=O)c2ccc(F)c(F)c2Cc2ccc(I)cc2F)C1)(c1ccccc1)C(F)(F)F. The van der Waals surface area contributed by atoms with E-state index in [0.717, 1.165) is 36.3 Å². The van der Waals surface area contributed by atoms with Gasteiger partial charge in [0.05, 0.1) is 19.1 Å². The Balaban J connectivity index is 1.53. The number of hydrogen-bond donors (Lipinski definition) is 2. The van der Waals surface area contributed by atoms with E-state index in [9.17, 15) is 41.0 Å². The van der Waals surface area contributed by atoms with Crippen LogP contribution >= 0.6 is 22.6 Å². The summed E-state index contributed by atoms with van der Waals surface area (Å²) in [5, 5.41) is 13.2. The van der Waals surface area contributed by atoms with Crippen LogP contribution in [0.1, 0.15) is 34.0 Å². The molecule has 1 unspecified atom stereocenters. The van der Waals surface area contributed by atoms with E-state index in [4.69, 9.17) is 4.74 Å². The van der Waals surface area contributed by atoms with E-state index in [-0.39, 0.29) is 11.1 Å². The minimum absolute atomic E-state index is 0.0233. The van der Waals surface area contributed by atoms with Gasteiger partial charge < -0.3 is 20.1 Å². The number of amides is 2. The van der Waals surface area contributed by atoms with E-state index in [1.807, 2.05) is 22.6 Å². The second-order valence-electron chi connectivity index (χ2n) is 10.0. The van der Waals surface area contributed by atoms with Crippen LogP contribution in [0.5, 0.6) is 0 Å². The zero-order valence-electron chi connectivity index (χ0n) is 22.2. The van der Waals surface area contributed by atoms with E-state index in [2.05, 4.69) is 5.32 Å². The first-order valence-corrected chi connectivity index (χ1v) is 13.6. The van der Waals surface area contributed by atoms with Gasteiger partial charge in [-0.05, 0) is 59.3 Å². The van der Waals surface area contributed by atoms with Gasteiger partial charge in [-0.25, -0.2) is 13.2 Å². The highest BCUT2D eigenvalue weighted by Gasteiger charge is 2.63. The Kier molecular flexibility index (Phi) is 8.95. The summed E-state index contributed by atoms with van der Waals surface area (Å²) in [7, 11) is 0.741. The fraction of sp³-hybridized carbons (Fsp3) is 0.310. The van der Waals surface area contributed by atoms with E-state index in [0.29, 0.717) is 3.57 Å². The van der Waals surface area contributed by atoms with Crippen molar-refractivity contribution in [1.29, 1.82) is 0 Å². The van der Waals surface area contributed by atoms with Crippen molar-refractivity contribution in [2.24, 2.45) is 0 Å². The molecule has 0 bridgehead atoms. The van der Waals surface area contributed by atoms with Crippen molar-refractivity contribution in [2.45, 2.75) is 36.8 Å². The van der Waals surface area contributed by atoms with Gasteiger partial charge in [-0.1, -0.05) is 36.4 Å². The van der Waals surface area contributed by atoms with Gasteiger partial charge in [0.2, 0.25) is 0 Å². The summed E-state index contributed by atoms with van der Waals surface area (Å²) in [5.41, 5.74) is -6.34. The summed E-state index contributed by atoms with van der Waals surface area (Å²) in [4.78, 5) is 27.4. The predicted molar refractivity (Wildman–Crippen MR) is 148 cm³/mol. The van der Waals surface area contributed by atoms with Crippen molar-refractivity contribution < 1.29 is 45.8 Å². The van der Waals surface area contributed by atoms with Gasteiger partial charge in [0.25, 0.3) is 17.4 Å². The van der Waals surface area contributed by atoms with E-state index in [1.54, 1.807) is 6.07 Å². The second kappa shape index (κ2) is 11.8. The topological polar surface area (TPSA) is 78.9 Å². The number of hydrogen-bond acceptors (Lipinski definition) is 4. The Labute approximate surface area is 250 Å². The van der Waals surface area contributed by atoms with Gasteiger partial charge in [-0.3, -0.25) is 9.59 Å². The van der Waals surface area contributed by atoms with Crippen molar-refractivity contribution >= 4 is 34.4 Å². The summed E-state index contributed by atoms with van der Waals surface area (Å²) in [6, 6.07) is 10.9. The van der Waals surface area contributed by atoms with Crippen molar-refractivity contribution in [2.75, 3.05) is 20.2 Å². The molecule has 6 nitrogen and oxygen atoms in total. The maximum atomic E-state index is 14.8. The first-order valence-electron chi connectivity index (χ1n) is 12.6. The van der Waals surface area contributed by atoms with Gasteiger partial charge in [0.15, 0.2) is 11.6 Å². The number of likely N-dealkylation sites (tertiary alicyclic amines) is 1. The Hall–Kier alpha value is -3.17. The molecule has 1 fully saturated rings. The van der Waals surface area contributed by atoms with Crippen LogP contribution in [0.4, 0.5) is 26.3 Å². The van der Waals surface area contributed by atoms with Crippen molar-refractivity contribution in [3.63, 3.8) is 0 Å². The minimum Gasteiger partial charge on any atom is -0.384 e. The third kappa shape index (κ3) is 5.73. The monoisotopic (exact) mass is 706 g/mol. The molecule has 0 aliphatic carbocycles. The number of methoxy groups -OCH3 is 1. The molecule has 2 N–H and O–H groups in total. The van der Waals surface area contributed by atoms with Gasteiger partial charge in [0.1, 0.15) is 11.4 Å². The molecule has 0 radical (unpaired) electrons. The lowest BCUT2D eigenvalue weighted by atomic mass is 9.84. The summed E-state index contributed by atoms with van der Waals surface area (Å²) in [5.74, 6) is -5.64. The molecule has 224 valence electrons. The molecule has 0 spiro atoms. The lowest BCUT2D eigenvalue weighted by molar-refractivity contribution is -0.266. The normalized spacial score (nSPS) is 16.8. The van der Waals surface area contributed by atoms with Crippen LogP contribution in [0, 0.1) is 21.0 Å². The Bertz CT molecular complexity index is 1500. The number of nitrogens with zero attached hydrogens (tertiary/aromatic N) is 1. The smallest absolute Gasteiger partial charge is 0.384 e. The molecule has 3 aromatic carbocycles. The molecule has 0 saturated carbocycles. The van der Waals surface area contributed by atoms with Crippen LogP contribution in [-0.2, 0) is 21.6 Å². The maximum Gasteiger partial charge on any atom is 0.430 e. The molecule has 2 amide bonds. The lowest BCUT2D eigenvalue weighted by Crippen LogP contribution is -2.72. The molecule has 1 aliphatic heterocycles. The zero-order valence-corrected chi connectivity index (χ0v) is 24.4. The average molecular weight is 706 g/mol. The standard InChI is InChI=1S/C29H25F6IN2O4/c1-16(37-26(40)28(42-2,29(33,34)35)18-6-4-3-5-7-18)27(41)14-38(15-27)25(39)20-10-11-22(30)24(32)21(20)12-17-8-9-19(36)13-23(17)31/h3-11,13,16,41H,12,14-15H2,1-2H3,(H,37,40)/t16?,28-/m1/s1. The van der Waals surface area contributed by atoms with Gasteiger partial charge in [-0.2, -0.15) is 13.2 Å². The van der Waals surface area contributed by atoms with Crippen LogP contribution < -0.4 is 5.32 Å². The number of alkyl halides is 3. The van der Waals surface area contributed by atoms with E-state index < -0.39 is 83.3 Å². The average Bonchev–Trinajstić information content (AvgIpc) is 2.91. The molecule has 13 heteroatoms. The molecule has 3 aromatic rings. The third-order valence-electron chi connectivity index (χ3n) is 7.38. The summed E-state index contributed by atoms with van der Waals surface area (Å²) < 4.78 is 91.4. The number of aliphatic hydroxyl groups is 1. The molecule has 2 atom stereocenters. The van der Waals surface area contributed by atoms with Gasteiger partial charge in [-0.15, -0.1) is 0 Å². The van der Waals surface area contributed by atoms with Crippen LogP contribution in [0.25, 0.3) is 0 Å². The summed E-state index contributed by atoms with van der Waals surface area (Å²) in [6.45, 7) is 0.381. The Morgan fingerprint density at radius 2 is 1.69 bits per heavy atom. The fourth-order valence-corrected chi connectivity index (χ4v) is 5.33. The summed E-state index contributed by atoms with van der Waals surface area (Å²) in [6.07, 6.45) is -5.61. The molecular weight excluding hydrogens is 681 g/mol. The highest BCUT2D eigenvalue weighted by Crippen LogP contribution is 2.42. The fourth-order valence-electron chi connectivity index (χ4n) is 4.88. The predicted octanol–water partition coefficient (Wildman–Crippen LogP) is 5.10. The number of carbonyl (C=O) groups excluding carboxylic acids is 2. The first-order chi connectivity index (χ1) is 19.6. The maximum absolute atomic E-state index is 14.8. The molecule has 4 rings (SSSR count). The number of rotatable bonds is 8. The number of carbonyl (C=O) groups is 2. The summed E-state index contributed by atoms with van der Waals surface area (Å²) >= 11 is 1.88.